The van der Waals surface area contributed by atoms with E-state index in [9.17, 15) is 0 Å². The van der Waals surface area contributed by atoms with Crippen LogP contribution in [-0.2, 0) is 5.88 Å². The van der Waals surface area contributed by atoms with Crippen LogP contribution in [0.5, 0.6) is 0 Å². The van der Waals surface area contributed by atoms with E-state index in [1.807, 2.05) is 53.1 Å². The Morgan fingerprint density at radius 3 is 2.43 bits per heavy atom. The van der Waals surface area contributed by atoms with E-state index in [0.29, 0.717) is 11.7 Å². The minimum atomic E-state index is 0.302. The number of alkyl halides is 1. The van der Waals surface area contributed by atoms with Crippen LogP contribution in [0, 0.1) is 0 Å². The van der Waals surface area contributed by atoms with E-state index in [-0.39, 0.29) is 0 Å². The molecule has 0 atom stereocenters. The molecule has 2 aromatic carbocycles. The zero-order chi connectivity index (χ0) is 14.8. The van der Waals surface area contributed by atoms with Gasteiger partial charge in [-0.3, -0.25) is 4.57 Å². The molecule has 3 nitrogen and oxygen atoms in total. The highest BCUT2D eigenvalue weighted by molar-refractivity contribution is 9.11. The fourth-order valence-corrected chi connectivity index (χ4v) is 3.49. The lowest BCUT2D eigenvalue weighted by Gasteiger charge is -2.10. The van der Waals surface area contributed by atoms with Gasteiger partial charge in [0.2, 0.25) is 0 Å². The second kappa shape index (κ2) is 6.30. The smallest absolute Gasteiger partial charge is 0.169 e. The second-order valence-electron chi connectivity index (χ2n) is 4.37. The molecule has 0 unspecified atom stereocenters. The number of aromatic nitrogens is 3. The maximum atomic E-state index is 6.01. The van der Waals surface area contributed by atoms with Crippen molar-refractivity contribution >= 4 is 43.5 Å². The predicted octanol–water partition coefficient (Wildman–Crippen LogP) is 5.20. The summed E-state index contributed by atoms with van der Waals surface area (Å²) in [7, 11) is 0. The fourth-order valence-electron chi connectivity index (χ4n) is 2.10. The standard InChI is InChI=1S/C15H10Br2ClN3/c16-10-6-7-12(13(17)8-10)15-20-19-14(9-18)21(15)11-4-2-1-3-5-11/h1-8H,9H2. The molecule has 0 saturated carbocycles. The van der Waals surface area contributed by atoms with Crippen LogP contribution >= 0.6 is 43.5 Å². The molecular weight excluding hydrogens is 417 g/mol. The SMILES string of the molecule is ClCc1nnc(-c2ccc(Br)cc2Br)n1-c1ccccc1. The lowest BCUT2D eigenvalue weighted by Crippen LogP contribution is -2.01. The molecule has 0 aliphatic carbocycles. The van der Waals surface area contributed by atoms with Gasteiger partial charge in [-0.05, 0) is 46.3 Å². The van der Waals surface area contributed by atoms with Gasteiger partial charge in [-0.25, -0.2) is 0 Å². The third kappa shape index (κ3) is 2.91. The highest BCUT2D eigenvalue weighted by Gasteiger charge is 2.16. The van der Waals surface area contributed by atoms with Gasteiger partial charge >= 0.3 is 0 Å². The molecule has 3 aromatic rings. The molecule has 3 rings (SSSR count). The molecule has 1 aromatic heterocycles. The van der Waals surface area contributed by atoms with Crippen LogP contribution in [0.3, 0.4) is 0 Å². The van der Waals surface area contributed by atoms with Crippen LogP contribution in [0.15, 0.2) is 57.5 Å². The zero-order valence-corrected chi connectivity index (χ0v) is 14.7. The Bertz CT molecular complexity index is 772. The van der Waals surface area contributed by atoms with Crippen molar-refractivity contribution in [3.05, 3.63) is 63.3 Å². The summed E-state index contributed by atoms with van der Waals surface area (Å²) < 4.78 is 3.92. The zero-order valence-electron chi connectivity index (χ0n) is 10.8. The fraction of sp³-hybridized carbons (Fsp3) is 0.0667. The van der Waals surface area contributed by atoms with E-state index in [0.717, 1.165) is 26.0 Å². The van der Waals surface area contributed by atoms with Crippen molar-refractivity contribution in [3.8, 4) is 17.1 Å². The van der Waals surface area contributed by atoms with Gasteiger partial charge in [-0.15, -0.1) is 21.8 Å². The van der Waals surface area contributed by atoms with E-state index < -0.39 is 0 Å². The normalized spacial score (nSPS) is 10.8. The van der Waals surface area contributed by atoms with Gasteiger partial charge in [-0.1, -0.05) is 34.1 Å². The minimum absolute atomic E-state index is 0.302. The van der Waals surface area contributed by atoms with Gasteiger partial charge in [0.15, 0.2) is 11.6 Å². The Morgan fingerprint density at radius 1 is 1.00 bits per heavy atom. The molecule has 0 radical (unpaired) electrons. The van der Waals surface area contributed by atoms with E-state index in [4.69, 9.17) is 11.6 Å². The molecule has 0 bridgehead atoms. The third-order valence-corrected chi connectivity index (χ3v) is 4.42. The Labute approximate surface area is 144 Å². The van der Waals surface area contributed by atoms with E-state index in [1.165, 1.54) is 0 Å². The van der Waals surface area contributed by atoms with Crippen LogP contribution in [0.4, 0.5) is 0 Å². The van der Waals surface area contributed by atoms with Crippen LogP contribution in [-0.4, -0.2) is 14.8 Å². The second-order valence-corrected chi connectivity index (χ2v) is 6.41. The van der Waals surface area contributed by atoms with Crippen LogP contribution in [0.1, 0.15) is 5.82 Å². The first-order chi connectivity index (χ1) is 10.2. The molecule has 0 fully saturated rings. The van der Waals surface area contributed by atoms with Crippen LogP contribution in [0.2, 0.25) is 0 Å². The van der Waals surface area contributed by atoms with Gasteiger partial charge in [0.1, 0.15) is 0 Å². The Morgan fingerprint density at radius 2 is 1.76 bits per heavy atom. The van der Waals surface area contributed by atoms with Crippen molar-refractivity contribution in [1.82, 2.24) is 14.8 Å². The van der Waals surface area contributed by atoms with Crippen LogP contribution in [0.25, 0.3) is 17.1 Å². The summed E-state index contributed by atoms with van der Waals surface area (Å²) in [6, 6.07) is 15.9. The highest BCUT2D eigenvalue weighted by atomic mass is 79.9. The van der Waals surface area contributed by atoms with E-state index in [1.54, 1.807) is 0 Å². The van der Waals surface area contributed by atoms with Crippen molar-refractivity contribution in [3.63, 3.8) is 0 Å². The summed E-state index contributed by atoms with van der Waals surface area (Å²) in [5.41, 5.74) is 1.95. The molecule has 0 amide bonds. The molecule has 21 heavy (non-hydrogen) atoms. The lowest BCUT2D eigenvalue weighted by atomic mass is 10.2. The highest BCUT2D eigenvalue weighted by Crippen LogP contribution is 2.31. The number of hydrogen-bond donors (Lipinski definition) is 0. The number of halogens is 3. The number of para-hydroxylation sites is 1. The first-order valence-corrected chi connectivity index (χ1v) is 8.34. The van der Waals surface area contributed by atoms with Gasteiger partial charge in [0, 0.05) is 20.2 Å². The number of benzene rings is 2. The number of rotatable bonds is 3. The van der Waals surface area contributed by atoms with E-state index in [2.05, 4.69) is 42.1 Å². The quantitative estimate of drug-likeness (QED) is 0.538. The Kier molecular flexibility index (Phi) is 4.42. The lowest BCUT2D eigenvalue weighted by molar-refractivity contribution is 0.953. The molecule has 0 saturated heterocycles. The molecule has 0 spiro atoms. The average Bonchev–Trinajstić information content (AvgIpc) is 2.92. The summed E-state index contributed by atoms with van der Waals surface area (Å²) in [6.45, 7) is 0. The molecule has 0 N–H and O–H groups in total. The first kappa shape index (κ1) is 14.8. The summed E-state index contributed by atoms with van der Waals surface area (Å²) >= 11 is 13.0. The van der Waals surface area contributed by atoms with Crippen molar-refractivity contribution < 1.29 is 0 Å². The average molecular weight is 428 g/mol. The summed E-state index contributed by atoms with van der Waals surface area (Å²) in [4.78, 5) is 0. The molecule has 6 heteroatoms. The molecule has 106 valence electrons. The molecular formula is C15H10Br2ClN3. The van der Waals surface area contributed by atoms with Gasteiger partial charge in [-0.2, -0.15) is 0 Å². The van der Waals surface area contributed by atoms with Gasteiger partial charge in [0.25, 0.3) is 0 Å². The number of nitrogens with zero attached hydrogens (tertiary/aromatic N) is 3. The number of hydrogen-bond acceptors (Lipinski definition) is 2. The predicted molar refractivity (Wildman–Crippen MR) is 91.8 cm³/mol. The summed E-state index contributed by atoms with van der Waals surface area (Å²) in [5.74, 6) is 1.78. The first-order valence-electron chi connectivity index (χ1n) is 6.22. The summed E-state index contributed by atoms with van der Waals surface area (Å²) in [5, 5.41) is 8.51. The maximum absolute atomic E-state index is 6.01. The van der Waals surface area contributed by atoms with E-state index >= 15 is 0 Å². The van der Waals surface area contributed by atoms with Gasteiger partial charge < -0.3 is 0 Å². The Balaban J connectivity index is 2.22. The van der Waals surface area contributed by atoms with Crippen LogP contribution < -0.4 is 0 Å². The van der Waals surface area contributed by atoms with Crippen molar-refractivity contribution in [1.29, 1.82) is 0 Å². The third-order valence-electron chi connectivity index (χ3n) is 3.04. The minimum Gasteiger partial charge on any atom is -0.278 e. The largest absolute Gasteiger partial charge is 0.278 e. The van der Waals surface area contributed by atoms with Crippen molar-refractivity contribution in [2.24, 2.45) is 0 Å². The molecule has 1 heterocycles. The Hall–Kier alpha value is -1.17. The van der Waals surface area contributed by atoms with Crippen molar-refractivity contribution in [2.75, 3.05) is 0 Å². The molecule has 0 aliphatic rings. The topological polar surface area (TPSA) is 30.7 Å². The van der Waals surface area contributed by atoms with Gasteiger partial charge in [0.05, 0.1) is 5.88 Å². The monoisotopic (exact) mass is 425 g/mol. The summed E-state index contributed by atoms with van der Waals surface area (Å²) in [6.07, 6.45) is 0. The molecule has 0 aliphatic heterocycles. The maximum Gasteiger partial charge on any atom is 0.169 e. The van der Waals surface area contributed by atoms with Crippen molar-refractivity contribution in [2.45, 2.75) is 5.88 Å².